The maximum Gasteiger partial charge on any atom is 0.268 e. The third kappa shape index (κ3) is 3.19. The van der Waals surface area contributed by atoms with E-state index in [-0.39, 0.29) is 24.3 Å². The fraction of sp³-hybridized carbons (Fsp3) is 0.364. The Balaban J connectivity index is 1.99. The van der Waals surface area contributed by atoms with Crippen molar-refractivity contribution < 1.29 is 9.59 Å². The van der Waals surface area contributed by atoms with Gasteiger partial charge in [0.05, 0.1) is 24.3 Å². The maximum absolute atomic E-state index is 11.8. The molecule has 0 saturated carbocycles. The van der Waals surface area contributed by atoms with Gasteiger partial charge in [0.25, 0.3) is 5.91 Å². The number of hydrogen-bond donors (Lipinski definition) is 2. The zero-order chi connectivity index (χ0) is 14.7. The summed E-state index contributed by atoms with van der Waals surface area (Å²) in [6.45, 7) is 3.49. The molecule has 2 aromatic heterocycles. The monoisotopic (exact) mass is 277 g/mol. The molecule has 0 radical (unpaired) electrons. The van der Waals surface area contributed by atoms with E-state index in [1.165, 1.54) is 23.3 Å². The molecule has 0 atom stereocenters. The summed E-state index contributed by atoms with van der Waals surface area (Å²) in [5.41, 5.74) is 5.88. The third-order valence-corrected chi connectivity index (χ3v) is 2.47. The van der Waals surface area contributed by atoms with Crippen molar-refractivity contribution in [2.45, 2.75) is 20.4 Å². The van der Waals surface area contributed by atoms with Crippen molar-refractivity contribution in [1.29, 1.82) is 0 Å². The summed E-state index contributed by atoms with van der Waals surface area (Å²) in [4.78, 5) is 23.3. The fourth-order valence-electron chi connectivity index (χ4n) is 1.39. The minimum Gasteiger partial charge on any atom is -0.396 e. The van der Waals surface area contributed by atoms with Crippen molar-refractivity contribution >= 4 is 23.3 Å². The van der Waals surface area contributed by atoms with Crippen molar-refractivity contribution in [2.75, 3.05) is 11.1 Å². The van der Waals surface area contributed by atoms with Gasteiger partial charge in [-0.05, 0) is 0 Å². The predicted octanol–water partition coefficient (Wildman–Crippen LogP) is -0.00830. The maximum atomic E-state index is 11.8. The normalized spacial score (nSPS) is 10.8. The lowest BCUT2D eigenvalue weighted by atomic mass is 10.2. The molecule has 0 aliphatic heterocycles. The number of nitrogens with one attached hydrogen (secondary N) is 1. The largest absolute Gasteiger partial charge is 0.396 e. The van der Waals surface area contributed by atoms with Crippen LogP contribution in [0, 0.1) is 5.92 Å². The van der Waals surface area contributed by atoms with Crippen LogP contribution in [0.4, 0.5) is 11.5 Å². The molecule has 3 N–H and O–H groups in total. The first-order valence-electron chi connectivity index (χ1n) is 6.00. The second-order valence-electron chi connectivity index (χ2n) is 4.56. The number of carbonyl (C=O) groups excluding carboxylic acids is 2. The molecule has 2 aromatic rings. The summed E-state index contributed by atoms with van der Waals surface area (Å²) in [5.74, 6) is -0.332. The molecule has 0 aromatic carbocycles. The Morgan fingerprint density at radius 1 is 1.40 bits per heavy atom. The Bertz CT molecular complexity index is 628. The van der Waals surface area contributed by atoms with Gasteiger partial charge in [-0.1, -0.05) is 19.1 Å². The molecule has 106 valence electrons. The highest BCUT2D eigenvalue weighted by Gasteiger charge is 2.12. The van der Waals surface area contributed by atoms with Gasteiger partial charge in [-0.2, -0.15) is 5.10 Å². The second-order valence-corrected chi connectivity index (χ2v) is 4.56. The lowest BCUT2D eigenvalue weighted by Gasteiger charge is -2.03. The number of nitrogens with zero attached hydrogens (tertiary/aromatic N) is 5. The number of hydrogen-bond acceptors (Lipinski definition) is 6. The Labute approximate surface area is 114 Å². The molecular formula is C11H15N7O2. The Morgan fingerprint density at radius 3 is 2.75 bits per heavy atom. The standard InChI is InChI=1S/C11H15N7O2/c1-7(2)11(20)14-9-5-17(16-15-9)6-10(19)18-4-8(12)3-13-18/h3-5,7H,6,12H2,1-2H3,(H,14,20). The first kappa shape index (κ1) is 13.7. The number of aromatic nitrogens is 5. The summed E-state index contributed by atoms with van der Waals surface area (Å²) in [7, 11) is 0. The SMILES string of the molecule is CC(C)C(=O)Nc1cn(CC(=O)n2cc(N)cn2)nn1. The number of amides is 1. The summed E-state index contributed by atoms with van der Waals surface area (Å²) in [5, 5.41) is 13.9. The lowest BCUT2D eigenvalue weighted by molar-refractivity contribution is -0.118. The van der Waals surface area contributed by atoms with E-state index in [4.69, 9.17) is 5.73 Å². The van der Waals surface area contributed by atoms with E-state index in [0.29, 0.717) is 11.5 Å². The molecule has 9 heteroatoms. The van der Waals surface area contributed by atoms with Crippen LogP contribution in [-0.2, 0) is 11.3 Å². The number of nitrogen functional groups attached to an aromatic ring is 1. The first-order chi connectivity index (χ1) is 9.45. The van der Waals surface area contributed by atoms with Gasteiger partial charge in [-0.25, -0.2) is 9.36 Å². The van der Waals surface area contributed by atoms with Crippen molar-refractivity contribution in [3.05, 3.63) is 18.6 Å². The highest BCUT2D eigenvalue weighted by molar-refractivity contribution is 5.90. The van der Waals surface area contributed by atoms with Crippen LogP contribution in [0.1, 0.15) is 18.6 Å². The molecule has 2 heterocycles. The molecule has 9 nitrogen and oxygen atoms in total. The van der Waals surface area contributed by atoms with E-state index in [1.807, 2.05) is 0 Å². The van der Waals surface area contributed by atoms with Gasteiger partial charge in [0.1, 0.15) is 6.54 Å². The summed E-state index contributed by atoms with van der Waals surface area (Å²) < 4.78 is 2.44. The minimum absolute atomic E-state index is 0.0499. The van der Waals surface area contributed by atoms with Gasteiger partial charge in [-0.3, -0.25) is 9.59 Å². The van der Waals surface area contributed by atoms with Crippen LogP contribution < -0.4 is 11.1 Å². The lowest BCUT2D eigenvalue weighted by Crippen LogP contribution is -2.19. The van der Waals surface area contributed by atoms with Gasteiger partial charge in [0.2, 0.25) is 5.91 Å². The molecule has 0 aliphatic carbocycles. The van der Waals surface area contributed by atoms with E-state index in [2.05, 4.69) is 20.7 Å². The van der Waals surface area contributed by atoms with Crippen molar-refractivity contribution in [2.24, 2.45) is 5.92 Å². The highest BCUT2D eigenvalue weighted by Crippen LogP contribution is 2.04. The van der Waals surface area contributed by atoms with E-state index < -0.39 is 0 Å². The number of carbonyl (C=O) groups is 2. The van der Waals surface area contributed by atoms with Crippen LogP contribution in [0.15, 0.2) is 18.6 Å². The smallest absolute Gasteiger partial charge is 0.268 e. The molecule has 0 aliphatic rings. The van der Waals surface area contributed by atoms with E-state index in [0.717, 1.165) is 4.68 Å². The van der Waals surface area contributed by atoms with Gasteiger partial charge in [-0.15, -0.1) is 5.10 Å². The summed E-state index contributed by atoms with van der Waals surface area (Å²) in [6, 6.07) is 0. The second kappa shape index (κ2) is 5.51. The molecule has 2 rings (SSSR count). The van der Waals surface area contributed by atoms with E-state index >= 15 is 0 Å². The molecule has 0 spiro atoms. The third-order valence-electron chi connectivity index (χ3n) is 2.47. The van der Waals surface area contributed by atoms with Crippen LogP contribution in [0.2, 0.25) is 0 Å². The average Bonchev–Trinajstić information content (AvgIpc) is 2.98. The zero-order valence-corrected chi connectivity index (χ0v) is 11.1. The molecule has 0 saturated heterocycles. The summed E-state index contributed by atoms with van der Waals surface area (Å²) in [6.07, 6.45) is 4.28. The Kier molecular flexibility index (Phi) is 3.78. The fourth-order valence-corrected chi connectivity index (χ4v) is 1.39. The van der Waals surface area contributed by atoms with Crippen molar-refractivity contribution in [1.82, 2.24) is 24.8 Å². The number of anilines is 2. The average molecular weight is 277 g/mol. The molecule has 0 unspecified atom stereocenters. The van der Waals surface area contributed by atoms with Crippen LogP contribution in [0.5, 0.6) is 0 Å². The van der Waals surface area contributed by atoms with E-state index in [9.17, 15) is 9.59 Å². The van der Waals surface area contributed by atoms with Gasteiger partial charge < -0.3 is 11.1 Å². The van der Waals surface area contributed by atoms with Crippen LogP contribution in [-0.4, -0.2) is 36.6 Å². The first-order valence-corrected chi connectivity index (χ1v) is 6.00. The van der Waals surface area contributed by atoms with Crippen LogP contribution >= 0.6 is 0 Å². The quantitative estimate of drug-likeness (QED) is 0.810. The van der Waals surface area contributed by atoms with Gasteiger partial charge in [0, 0.05) is 5.92 Å². The molecule has 0 bridgehead atoms. The van der Waals surface area contributed by atoms with Crippen LogP contribution in [0.3, 0.4) is 0 Å². The van der Waals surface area contributed by atoms with Crippen LogP contribution in [0.25, 0.3) is 0 Å². The predicted molar refractivity (Wildman–Crippen MR) is 70.8 cm³/mol. The minimum atomic E-state index is -0.312. The molecular weight excluding hydrogens is 262 g/mol. The molecule has 0 fully saturated rings. The van der Waals surface area contributed by atoms with Crippen molar-refractivity contribution in [3.63, 3.8) is 0 Å². The number of nitrogens with two attached hydrogens (primary N) is 1. The summed E-state index contributed by atoms with van der Waals surface area (Å²) >= 11 is 0. The molecule has 1 amide bonds. The molecule has 20 heavy (non-hydrogen) atoms. The van der Waals surface area contributed by atoms with Gasteiger partial charge >= 0.3 is 0 Å². The van der Waals surface area contributed by atoms with Gasteiger partial charge in [0.15, 0.2) is 5.82 Å². The van der Waals surface area contributed by atoms with Crippen molar-refractivity contribution in [3.8, 4) is 0 Å². The highest BCUT2D eigenvalue weighted by atomic mass is 16.2. The zero-order valence-electron chi connectivity index (χ0n) is 11.1. The van der Waals surface area contributed by atoms with E-state index in [1.54, 1.807) is 13.8 Å². The Morgan fingerprint density at radius 2 is 2.15 bits per heavy atom. The number of rotatable bonds is 4. The topological polar surface area (TPSA) is 121 Å². The Hall–Kier alpha value is -2.71.